The Bertz CT molecular complexity index is 1050. The fourth-order valence-corrected chi connectivity index (χ4v) is 7.16. The van der Waals surface area contributed by atoms with E-state index in [1.54, 1.807) is 0 Å². The molecular formula is C46H86NO9P. The number of ether oxygens (including phenoxy) is 2. The first-order valence-electron chi connectivity index (χ1n) is 23.0. The Balaban J connectivity index is 4.19. The second kappa shape index (κ2) is 42.3. The average Bonchev–Trinajstić information content (AvgIpc) is 3.19. The zero-order chi connectivity index (χ0) is 41.9. The van der Waals surface area contributed by atoms with Crippen LogP contribution in [0.3, 0.4) is 0 Å². The highest BCUT2D eigenvalue weighted by atomic mass is 31.2. The van der Waals surface area contributed by atoms with E-state index in [1.807, 2.05) is 0 Å². The number of rotatable bonds is 44. The van der Waals surface area contributed by atoms with Crippen LogP contribution in [-0.2, 0) is 32.7 Å². The molecule has 0 heterocycles. The van der Waals surface area contributed by atoms with E-state index in [9.17, 15) is 19.0 Å². The van der Waals surface area contributed by atoms with Crippen molar-refractivity contribution in [2.75, 3.05) is 26.4 Å². The molecule has 0 aliphatic heterocycles. The number of carbonyl (C=O) groups is 2. The summed E-state index contributed by atoms with van der Waals surface area (Å²) >= 11 is 0. The van der Waals surface area contributed by atoms with Crippen LogP contribution in [0.15, 0.2) is 36.5 Å². The molecule has 0 saturated heterocycles. The van der Waals surface area contributed by atoms with Crippen molar-refractivity contribution in [1.82, 2.24) is 0 Å². The Labute approximate surface area is 348 Å². The molecule has 0 saturated carbocycles. The molecule has 0 aromatic rings. The number of esters is 1. The van der Waals surface area contributed by atoms with Gasteiger partial charge < -0.3 is 25.2 Å². The fourth-order valence-electron chi connectivity index (χ4n) is 6.38. The van der Waals surface area contributed by atoms with Crippen LogP contribution in [0, 0.1) is 0 Å². The molecule has 4 N–H and O–H groups in total. The molecule has 0 rings (SSSR count). The van der Waals surface area contributed by atoms with Crippen LogP contribution >= 0.6 is 7.82 Å². The second-order valence-corrected chi connectivity index (χ2v) is 17.0. The summed E-state index contributed by atoms with van der Waals surface area (Å²) in [6.07, 6.45) is 47.6. The third kappa shape index (κ3) is 42.1. The minimum absolute atomic E-state index is 0.0157. The summed E-state index contributed by atoms with van der Waals surface area (Å²) in [5.41, 5.74) is 5.36. The third-order valence-electron chi connectivity index (χ3n) is 9.93. The highest BCUT2D eigenvalue weighted by Gasteiger charge is 2.27. The molecule has 0 radical (unpaired) electrons. The summed E-state index contributed by atoms with van der Waals surface area (Å²) in [7, 11) is -4.62. The maximum Gasteiger partial charge on any atom is 0.472 e. The number of nitrogens with two attached hydrogens (primary N) is 1. The molecule has 0 amide bonds. The number of hydrogen-bond acceptors (Lipinski definition) is 8. The Morgan fingerprint density at radius 1 is 0.579 bits per heavy atom. The monoisotopic (exact) mass is 828 g/mol. The third-order valence-corrected chi connectivity index (χ3v) is 10.9. The van der Waals surface area contributed by atoms with E-state index < -0.39 is 45.1 Å². The van der Waals surface area contributed by atoms with E-state index in [-0.39, 0.29) is 13.0 Å². The number of phosphoric acid groups is 1. The highest BCUT2D eigenvalue weighted by molar-refractivity contribution is 7.47. The summed E-state index contributed by atoms with van der Waals surface area (Å²) in [4.78, 5) is 33.6. The maximum absolute atomic E-state index is 12.6. The van der Waals surface area contributed by atoms with Gasteiger partial charge in [-0.3, -0.25) is 18.6 Å². The largest absolute Gasteiger partial charge is 0.480 e. The first-order valence-corrected chi connectivity index (χ1v) is 24.5. The normalized spacial score (nSPS) is 14.2. The molecule has 0 fully saturated rings. The summed E-state index contributed by atoms with van der Waals surface area (Å²) in [6, 6.07) is -1.47. The van der Waals surface area contributed by atoms with Gasteiger partial charge in [0, 0.05) is 13.0 Å². The molecule has 11 heteroatoms. The van der Waals surface area contributed by atoms with Crippen molar-refractivity contribution in [3.63, 3.8) is 0 Å². The quantitative estimate of drug-likeness (QED) is 0.0234. The Hall–Kier alpha value is -1.81. The van der Waals surface area contributed by atoms with Crippen molar-refractivity contribution < 1.29 is 42.7 Å². The van der Waals surface area contributed by atoms with Crippen LogP contribution in [0.2, 0.25) is 0 Å². The molecule has 0 aliphatic carbocycles. The van der Waals surface area contributed by atoms with Gasteiger partial charge in [-0.25, -0.2) is 4.57 Å². The molecule has 57 heavy (non-hydrogen) atoms. The molecule has 0 spiro atoms. The Kier molecular flexibility index (Phi) is 41.0. The standard InChI is InChI=1S/C46H86NO9P/c1-3-5-7-9-11-13-15-17-19-21-23-25-27-29-31-33-35-37-39-53-40-43(41-54-57(51,52)55-42-44(47)46(49)50)56-45(48)38-36-34-32-30-28-26-24-22-20-18-16-14-12-10-8-6-4-2/h6,8,12,14,18,20,43-44H,3-5,7,9-11,13,15-17,19,21-42,47H2,1-2H3,(H,49,50)(H,51,52)/b8-6-,14-12-,20-18-. The van der Waals surface area contributed by atoms with Gasteiger partial charge in [-0.1, -0.05) is 192 Å². The fraction of sp³-hybridized carbons (Fsp3) is 0.826. The van der Waals surface area contributed by atoms with Crippen LogP contribution in [-0.4, -0.2) is 60.5 Å². The van der Waals surface area contributed by atoms with Gasteiger partial charge in [0.1, 0.15) is 12.1 Å². The molecule has 10 nitrogen and oxygen atoms in total. The van der Waals surface area contributed by atoms with E-state index in [4.69, 9.17) is 29.4 Å². The van der Waals surface area contributed by atoms with Gasteiger partial charge >= 0.3 is 19.8 Å². The molecule has 334 valence electrons. The summed E-state index contributed by atoms with van der Waals surface area (Å²) in [6.45, 7) is 3.79. The molecule has 0 aromatic heterocycles. The van der Waals surface area contributed by atoms with Gasteiger partial charge in [0.05, 0.1) is 19.8 Å². The van der Waals surface area contributed by atoms with E-state index in [0.717, 1.165) is 64.2 Å². The molecule has 0 aliphatic rings. The Morgan fingerprint density at radius 2 is 1.02 bits per heavy atom. The lowest BCUT2D eigenvalue weighted by molar-refractivity contribution is -0.154. The Morgan fingerprint density at radius 3 is 1.53 bits per heavy atom. The zero-order valence-electron chi connectivity index (χ0n) is 36.4. The predicted molar refractivity (Wildman–Crippen MR) is 235 cm³/mol. The van der Waals surface area contributed by atoms with E-state index in [1.165, 1.54) is 116 Å². The van der Waals surface area contributed by atoms with Gasteiger partial charge in [-0.2, -0.15) is 0 Å². The molecule has 3 atom stereocenters. The van der Waals surface area contributed by atoms with Gasteiger partial charge in [-0.15, -0.1) is 0 Å². The average molecular weight is 828 g/mol. The number of phosphoric ester groups is 1. The van der Waals surface area contributed by atoms with Crippen LogP contribution in [0.25, 0.3) is 0 Å². The van der Waals surface area contributed by atoms with Crippen molar-refractivity contribution in [3.8, 4) is 0 Å². The van der Waals surface area contributed by atoms with Crippen LogP contribution in [0.1, 0.15) is 206 Å². The van der Waals surface area contributed by atoms with Crippen molar-refractivity contribution in [2.45, 2.75) is 219 Å². The minimum Gasteiger partial charge on any atom is -0.480 e. The van der Waals surface area contributed by atoms with E-state index in [2.05, 4.69) is 50.3 Å². The lowest BCUT2D eigenvalue weighted by Gasteiger charge is -2.20. The van der Waals surface area contributed by atoms with Crippen LogP contribution in [0.5, 0.6) is 0 Å². The highest BCUT2D eigenvalue weighted by Crippen LogP contribution is 2.43. The number of unbranched alkanes of at least 4 members (excludes halogenated alkanes) is 24. The van der Waals surface area contributed by atoms with Crippen molar-refractivity contribution in [1.29, 1.82) is 0 Å². The van der Waals surface area contributed by atoms with Gasteiger partial charge in [-0.05, 0) is 44.9 Å². The predicted octanol–water partition coefficient (Wildman–Crippen LogP) is 12.9. The number of allylic oxidation sites excluding steroid dienone is 6. The molecular weight excluding hydrogens is 741 g/mol. The zero-order valence-corrected chi connectivity index (χ0v) is 37.3. The maximum atomic E-state index is 12.6. The second-order valence-electron chi connectivity index (χ2n) is 15.5. The first kappa shape index (κ1) is 55.2. The summed E-state index contributed by atoms with van der Waals surface area (Å²) in [5.74, 6) is -1.78. The molecule has 0 aromatic carbocycles. The van der Waals surface area contributed by atoms with E-state index >= 15 is 0 Å². The minimum atomic E-state index is -4.62. The topological polar surface area (TPSA) is 155 Å². The number of carboxylic acid groups (broad SMARTS) is 1. The van der Waals surface area contributed by atoms with Crippen molar-refractivity contribution in [2.24, 2.45) is 5.73 Å². The summed E-state index contributed by atoms with van der Waals surface area (Å²) in [5, 5.41) is 8.90. The first-order chi connectivity index (χ1) is 27.7. The number of aliphatic carboxylic acids is 1. The lowest BCUT2D eigenvalue weighted by atomic mass is 10.0. The SMILES string of the molecule is CC/C=C\C/C=C\C/C=C\CCCCCCCCCC(=O)OC(COCCCCCCCCCCCCCCCCCCCC)COP(=O)(O)OCC(N)C(=O)O. The smallest absolute Gasteiger partial charge is 0.472 e. The van der Waals surface area contributed by atoms with Gasteiger partial charge in [0.15, 0.2) is 0 Å². The van der Waals surface area contributed by atoms with Gasteiger partial charge in [0.2, 0.25) is 0 Å². The lowest BCUT2D eigenvalue weighted by Crippen LogP contribution is -2.34. The van der Waals surface area contributed by atoms with Gasteiger partial charge in [0.25, 0.3) is 0 Å². The molecule has 3 unspecified atom stereocenters. The van der Waals surface area contributed by atoms with Crippen molar-refractivity contribution >= 4 is 19.8 Å². The van der Waals surface area contributed by atoms with Crippen molar-refractivity contribution in [3.05, 3.63) is 36.5 Å². The number of carbonyl (C=O) groups excluding carboxylic acids is 1. The number of hydrogen-bond donors (Lipinski definition) is 3. The van der Waals surface area contributed by atoms with E-state index in [0.29, 0.717) is 13.0 Å². The van der Waals surface area contributed by atoms with Crippen LogP contribution < -0.4 is 5.73 Å². The van der Waals surface area contributed by atoms with Crippen LogP contribution in [0.4, 0.5) is 0 Å². The summed E-state index contributed by atoms with van der Waals surface area (Å²) < 4.78 is 33.4. The number of carboxylic acids is 1. The molecule has 0 bridgehead atoms.